The van der Waals surface area contributed by atoms with Crippen LogP contribution in [0.25, 0.3) is 10.9 Å². The second-order valence-corrected chi connectivity index (χ2v) is 6.46. The molecule has 3 unspecified atom stereocenters. The lowest BCUT2D eigenvalue weighted by molar-refractivity contribution is -0.143. The van der Waals surface area contributed by atoms with E-state index in [9.17, 15) is 9.90 Å². The summed E-state index contributed by atoms with van der Waals surface area (Å²) in [5, 5.41) is 10.8. The molecule has 2 aliphatic heterocycles. The van der Waals surface area contributed by atoms with Gasteiger partial charge in [-0.3, -0.25) is 9.69 Å². The summed E-state index contributed by atoms with van der Waals surface area (Å²) in [6.45, 7) is 1.76. The van der Waals surface area contributed by atoms with Gasteiger partial charge in [0.05, 0.1) is 0 Å². The van der Waals surface area contributed by atoms with E-state index < -0.39 is 12.0 Å². The predicted octanol–water partition coefficient (Wildman–Crippen LogP) is 3.24. The van der Waals surface area contributed by atoms with Crippen LogP contribution < -0.4 is 0 Å². The number of aliphatic carboxylic acids is 1. The summed E-state index contributed by atoms with van der Waals surface area (Å²) in [7, 11) is 0. The normalized spacial score (nSPS) is 26.4. The number of fused-ring (bicyclic) bond motifs is 6. The molecule has 1 fully saturated rings. The van der Waals surface area contributed by atoms with Gasteiger partial charge in [0.15, 0.2) is 0 Å². The van der Waals surface area contributed by atoms with Gasteiger partial charge in [0.1, 0.15) is 6.04 Å². The number of nitrogens with one attached hydrogen (secondary N) is 1. The van der Waals surface area contributed by atoms with Crippen molar-refractivity contribution in [2.24, 2.45) is 0 Å². The van der Waals surface area contributed by atoms with Crippen molar-refractivity contribution in [3.63, 3.8) is 0 Å². The molecule has 2 aliphatic rings. The van der Waals surface area contributed by atoms with E-state index in [1.807, 2.05) is 0 Å². The Balaban J connectivity index is 0.00000132. The Hall–Kier alpha value is -1.17. The number of nitrogens with zero attached hydrogens (tertiary/aromatic N) is 1. The number of carboxylic acids is 1. The van der Waals surface area contributed by atoms with Gasteiger partial charge in [-0.2, -0.15) is 0 Å². The molecular formula is C15H17ClN2O2S. The number of H-pyrrole nitrogens is 1. The number of halogens is 1. The molecule has 0 spiro atoms. The van der Waals surface area contributed by atoms with E-state index in [2.05, 4.69) is 34.3 Å². The molecule has 1 aromatic carbocycles. The molecule has 4 nitrogen and oxygen atoms in total. The molecular weight excluding hydrogens is 308 g/mol. The van der Waals surface area contributed by atoms with Gasteiger partial charge in [-0.05, 0) is 43.0 Å². The van der Waals surface area contributed by atoms with Gasteiger partial charge < -0.3 is 10.1 Å². The summed E-state index contributed by atoms with van der Waals surface area (Å²) in [5.41, 5.74) is 3.21. The highest BCUT2D eigenvalue weighted by Crippen LogP contribution is 2.46. The summed E-state index contributed by atoms with van der Waals surface area (Å²) in [6, 6.07) is 5.85. The Kier molecular flexibility index (Phi) is 3.67. The maximum Gasteiger partial charge on any atom is 0.327 e. The van der Waals surface area contributed by atoms with Crippen LogP contribution in [0.1, 0.15) is 29.6 Å². The fourth-order valence-corrected chi connectivity index (χ4v) is 4.15. The smallest absolute Gasteiger partial charge is 0.327 e. The van der Waals surface area contributed by atoms with Crippen LogP contribution in [0.5, 0.6) is 0 Å². The van der Waals surface area contributed by atoms with Gasteiger partial charge in [0.25, 0.3) is 0 Å². The van der Waals surface area contributed by atoms with E-state index in [4.69, 9.17) is 0 Å². The van der Waals surface area contributed by atoms with Crippen molar-refractivity contribution in [1.29, 1.82) is 0 Å². The minimum absolute atomic E-state index is 0. The minimum atomic E-state index is -0.747. The molecule has 2 bridgehead atoms. The third-order valence-corrected chi connectivity index (χ3v) is 5.30. The number of rotatable bonds is 2. The zero-order chi connectivity index (χ0) is 13.9. The second-order valence-electron chi connectivity index (χ2n) is 5.59. The molecule has 2 aromatic rings. The Morgan fingerprint density at radius 1 is 1.48 bits per heavy atom. The van der Waals surface area contributed by atoms with Crippen molar-refractivity contribution in [3.05, 3.63) is 29.5 Å². The number of hydrogen-bond donors (Lipinski definition) is 2. The molecule has 2 N–H and O–H groups in total. The van der Waals surface area contributed by atoms with Gasteiger partial charge in [0, 0.05) is 34.0 Å². The Morgan fingerprint density at radius 2 is 2.29 bits per heavy atom. The first kappa shape index (κ1) is 14.8. The highest BCUT2D eigenvalue weighted by molar-refractivity contribution is 7.98. The third kappa shape index (κ3) is 2.06. The first-order chi connectivity index (χ1) is 9.69. The topological polar surface area (TPSA) is 56.3 Å². The average molecular weight is 325 g/mol. The number of hydrogen-bond acceptors (Lipinski definition) is 3. The maximum absolute atomic E-state index is 11.6. The molecule has 3 atom stereocenters. The van der Waals surface area contributed by atoms with E-state index in [1.54, 1.807) is 11.8 Å². The van der Waals surface area contributed by atoms with Crippen LogP contribution >= 0.6 is 24.2 Å². The van der Waals surface area contributed by atoms with Crippen LogP contribution in [0.4, 0.5) is 0 Å². The van der Waals surface area contributed by atoms with Crippen molar-refractivity contribution >= 4 is 41.0 Å². The van der Waals surface area contributed by atoms with Crippen LogP contribution in [0, 0.1) is 0 Å². The molecule has 0 saturated carbocycles. The highest BCUT2D eigenvalue weighted by Gasteiger charge is 2.43. The molecule has 1 aromatic heterocycles. The fourth-order valence-electron chi connectivity index (χ4n) is 3.71. The van der Waals surface area contributed by atoms with Gasteiger partial charge in [-0.15, -0.1) is 24.2 Å². The molecule has 6 heteroatoms. The lowest BCUT2D eigenvalue weighted by atomic mass is 9.90. The zero-order valence-corrected chi connectivity index (χ0v) is 13.3. The van der Waals surface area contributed by atoms with E-state index in [0.29, 0.717) is 5.92 Å². The molecule has 112 valence electrons. The quantitative estimate of drug-likeness (QED) is 0.833. The summed E-state index contributed by atoms with van der Waals surface area (Å²) in [5.74, 6) is -0.269. The van der Waals surface area contributed by atoms with Crippen LogP contribution in [0.2, 0.25) is 0 Å². The van der Waals surface area contributed by atoms with E-state index in [0.717, 1.165) is 30.7 Å². The van der Waals surface area contributed by atoms with Crippen molar-refractivity contribution in [2.75, 3.05) is 19.3 Å². The van der Waals surface area contributed by atoms with E-state index in [1.165, 1.54) is 15.8 Å². The van der Waals surface area contributed by atoms with Crippen LogP contribution in [0.3, 0.4) is 0 Å². The summed E-state index contributed by atoms with van der Waals surface area (Å²) >= 11 is 1.72. The first-order valence-electron chi connectivity index (χ1n) is 6.85. The van der Waals surface area contributed by atoms with Gasteiger partial charge in [-0.25, -0.2) is 0 Å². The summed E-state index contributed by atoms with van der Waals surface area (Å²) < 4.78 is 0. The predicted molar refractivity (Wildman–Crippen MR) is 86.6 cm³/mol. The zero-order valence-electron chi connectivity index (χ0n) is 11.6. The average Bonchev–Trinajstić information content (AvgIpc) is 3.00. The van der Waals surface area contributed by atoms with Crippen molar-refractivity contribution in [2.45, 2.75) is 23.3 Å². The second kappa shape index (κ2) is 5.23. The maximum atomic E-state index is 11.6. The van der Waals surface area contributed by atoms with Gasteiger partial charge in [0.2, 0.25) is 0 Å². The molecule has 0 radical (unpaired) electrons. The van der Waals surface area contributed by atoms with E-state index in [-0.39, 0.29) is 12.4 Å². The number of carboxylic acid groups (broad SMARTS) is 1. The van der Waals surface area contributed by atoms with Gasteiger partial charge in [-0.1, -0.05) is 0 Å². The van der Waals surface area contributed by atoms with E-state index >= 15 is 0 Å². The molecule has 1 saturated heterocycles. The molecule has 0 amide bonds. The van der Waals surface area contributed by atoms with Crippen molar-refractivity contribution in [1.82, 2.24) is 9.88 Å². The minimum Gasteiger partial charge on any atom is -0.480 e. The number of benzene rings is 1. The van der Waals surface area contributed by atoms with Crippen molar-refractivity contribution < 1.29 is 9.90 Å². The molecule has 0 aliphatic carbocycles. The Labute approximate surface area is 133 Å². The largest absolute Gasteiger partial charge is 0.480 e. The Morgan fingerprint density at radius 3 is 3.00 bits per heavy atom. The number of aromatic nitrogens is 1. The fraction of sp³-hybridized carbons (Fsp3) is 0.400. The number of carbonyl (C=O) groups is 1. The molecule has 21 heavy (non-hydrogen) atoms. The third-order valence-electron chi connectivity index (χ3n) is 4.58. The lowest BCUT2D eigenvalue weighted by Gasteiger charge is -2.29. The van der Waals surface area contributed by atoms with Crippen LogP contribution in [-0.2, 0) is 4.79 Å². The standard InChI is InChI=1S/C15H16N2O2S.ClH/c1-20-9-2-3-11-10(6-9)12-8-4-5-17(7-8)14(15(18)19)13(12)16-11;/h2-3,6,8,14,16H,4-5,7H2,1H3,(H,18,19);1H. The molecule has 3 heterocycles. The summed E-state index contributed by atoms with van der Waals surface area (Å²) in [6.07, 6.45) is 3.13. The van der Waals surface area contributed by atoms with Gasteiger partial charge >= 0.3 is 5.97 Å². The first-order valence-corrected chi connectivity index (χ1v) is 8.08. The summed E-state index contributed by atoms with van der Waals surface area (Å²) in [4.78, 5) is 18.3. The monoisotopic (exact) mass is 324 g/mol. The van der Waals surface area contributed by atoms with Crippen LogP contribution in [-0.4, -0.2) is 40.3 Å². The SMILES string of the molecule is CSc1ccc2[nH]c3c(c2c1)C1CCN(C1)C3C(=O)O.Cl. The van der Waals surface area contributed by atoms with Crippen LogP contribution in [0.15, 0.2) is 23.1 Å². The lowest BCUT2D eigenvalue weighted by Crippen LogP contribution is -2.35. The van der Waals surface area contributed by atoms with Crippen molar-refractivity contribution in [3.8, 4) is 0 Å². The number of aromatic amines is 1. The number of thioether (sulfide) groups is 1. The highest BCUT2D eigenvalue weighted by atomic mass is 35.5. The molecule has 4 rings (SSSR count). The Bertz CT molecular complexity index is 715.